The van der Waals surface area contributed by atoms with Crippen molar-refractivity contribution in [1.29, 1.82) is 5.41 Å². The topological polar surface area (TPSA) is 113 Å². The molecule has 0 aliphatic rings. The zero-order valence-electron chi connectivity index (χ0n) is 11.1. The van der Waals surface area contributed by atoms with Crippen molar-refractivity contribution in [1.82, 2.24) is 5.32 Å². The predicted octanol–water partition coefficient (Wildman–Crippen LogP) is 1.44. The van der Waals surface area contributed by atoms with Crippen molar-refractivity contribution in [2.45, 2.75) is 4.90 Å². The fourth-order valence-corrected chi connectivity index (χ4v) is 3.55. The number of benzene rings is 1. The Morgan fingerprint density at radius 1 is 1.33 bits per heavy atom. The van der Waals surface area contributed by atoms with Crippen LogP contribution in [0.1, 0.15) is 10.4 Å². The molecule has 110 valence electrons. The molecule has 1 aromatic carbocycles. The highest BCUT2D eigenvalue weighted by molar-refractivity contribution is 7.90. The summed E-state index contributed by atoms with van der Waals surface area (Å²) in [5, 5.41) is 11.0. The molecule has 1 heterocycles. The Labute approximate surface area is 126 Å². The zero-order valence-corrected chi connectivity index (χ0v) is 12.7. The molecule has 8 heteroatoms. The van der Waals surface area contributed by atoms with Crippen LogP contribution in [-0.2, 0) is 9.84 Å². The summed E-state index contributed by atoms with van der Waals surface area (Å²) in [7, 11) is -3.50. The number of hydrogen-bond donors (Lipinski definition) is 3. The van der Waals surface area contributed by atoms with Gasteiger partial charge in [0.15, 0.2) is 15.8 Å². The van der Waals surface area contributed by atoms with Crippen molar-refractivity contribution in [3.63, 3.8) is 0 Å². The predicted molar refractivity (Wildman–Crippen MR) is 82.2 cm³/mol. The van der Waals surface area contributed by atoms with Gasteiger partial charge in [0.2, 0.25) is 0 Å². The number of guanidine groups is 1. The molecular weight excluding hydrogens is 310 g/mol. The average Bonchev–Trinajstić information content (AvgIpc) is 2.89. The van der Waals surface area contributed by atoms with E-state index >= 15 is 0 Å². The first-order valence-electron chi connectivity index (χ1n) is 5.82. The molecule has 0 saturated carbocycles. The summed E-state index contributed by atoms with van der Waals surface area (Å²) in [4.78, 5) is 12.7. The smallest absolute Gasteiger partial charge is 0.257 e. The summed E-state index contributed by atoms with van der Waals surface area (Å²) >= 11 is 1.41. The molecule has 0 spiro atoms. The molecule has 0 fully saturated rings. The van der Waals surface area contributed by atoms with Crippen molar-refractivity contribution in [3.8, 4) is 10.4 Å². The second-order valence-electron chi connectivity index (χ2n) is 4.33. The molecule has 0 aliphatic carbocycles. The molecule has 0 atom stereocenters. The molecule has 2 aromatic rings. The maximum atomic E-state index is 12.0. The number of carbonyl (C=O) groups excluding carboxylic acids is 1. The van der Waals surface area contributed by atoms with E-state index in [9.17, 15) is 13.2 Å². The van der Waals surface area contributed by atoms with Crippen molar-refractivity contribution >= 4 is 33.0 Å². The number of rotatable bonds is 3. The SMILES string of the molecule is CS(=O)(=O)c1cc(C(=O)NC(=N)N)ccc1-c1cccs1. The highest BCUT2D eigenvalue weighted by Crippen LogP contribution is 2.31. The minimum absolute atomic E-state index is 0.0705. The van der Waals surface area contributed by atoms with E-state index in [2.05, 4.69) is 5.32 Å². The van der Waals surface area contributed by atoms with E-state index in [-0.39, 0.29) is 10.5 Å². The van der Waals surface area contributed by atoms with Crippen molar-refractivity contribution in [2.75, 3.05) is 6.26 Å². The Morgan fingerprint density at radius 3 is 2.57 bits per heavy atom. The molecule has 6 nitrogen and oxygen atoms in total. The normalized spacial score (nSPS) is 11.1. The molecule has 21 heavy (non-hydrogen) atoms. The van der Waals surface area contributed by atoms with E-state index < -0.39 is 21.7 Å². The molecule has 0 unspecified atom stereocenters. The molecule has 2 rings (SSSR count). The van der Waals surface area contributed by atoms with Crippen molar-refractivity contribution < 1.29 is 13.2 Å². The van der Waals surface area contributed by atoms with E-state index in [1.807, 2.05) is 17.5 Å². The maximum Gasteiger partial charge on any atom is 0.257 e. The van der Waals surface area contributed by atoms with Crippen LogP contribution in [0.3, 0.4) is 0 Å². The van der Waals surface area contributed by atoms with E-state index in [1.54, 1.807) is 6.07 Å². The second-order valence-corrected chi connectivity index (χ2v) is 7.26. The first kappa shape index (κ1) is 15.2. The van der Waals surface area contributed by atoms with E-state index in [4.69, 9.17) is 11.1 Å². The first-order chi connectivity index (χ1) is 9.79. The summed E-state index contributed by atoms with van der Waals surface area (Å²) in [6.07, 6.45) is 1.09. The lowest BCUT2D eigenvalue weighted by atomic mass is 10.1. The minimum atomic E-state index is -3.50. The van der Waals surface area contributed by atoms with Crippen LogP contribution in [0.25, 0.3) is 10.4 Å². The molecule has 1 amide bonds. The lowest BCUT2D eigenvalue weighted by molar-refractivity contribution is 0.0976. The van der Waals surface area contributed by atoms with Gasteiger partial charge in [0.1, 0.15) is 0 Å². The van der Waals surface area contributed by atoms with Gasteiger partial charge in [-0.05, 0) is 23.6 Å². The van der Waals surface area contributed by atoms with Gasteiger partial charge in [-0.1, -0.05) is 12.1 Å². The monoisotopic (exact) mass is 323 g/mol. The summed E-state index contributed by atoms with van der Waals surface area (Å²) < 4.78 is 23.9. The molecular formula is C13H13N3O3S2. The van der Waals surface area contributed by atoms with Gasteiger partial charge in [-0.15, -0.1) is 11.3 Å². The molecule has 0 radical (unpaired) electrons. The highest BCUT2D eigenvalue weighted by Gasteiger charge is 2.18. The largest absolute Gasteiger partial charge is 0.370 e. The van der Waals surface area contributed by atoms with Crippen LogP contribution < -0.4 is 11.1 Å². The van der Waals surface area contributed by atoms with Gasteiger partial charge in [-0.3, -0.25) is 15.5 Å². The van der Waals surface area contributed by atoms with Crippen LogP contribution in [0.4, 0.5) is 0 Å². The third-order valence-corrected chi connectivity index (χ3v) is 4.72. The number of thiophene rings is 1. The lowest BCUT2D eigenvalue weighted by Crippen LogP contribution is -2.35. The number of sulfone groups is 1. The number of hydrogen-bond acceptors (Lipinski definition) is 5. The van der Waals surface area contributed by atoms with Crippen LogP contribution in [0.15, 0.2) is 40.6 Å². The average molecular weight is 323 g/mol. The molecule has 1 aromatic heterocycles. The Balaban J connectivity index is 2.56. The van der Waals surface area contributed by atoms with Gasteiger partial charge in [0, 0.05) is 22.3 Å². The van der Waals surface area contributed by atoms with Gasteiger partial charge in [0.25, 0.3) is 5.91 Å². The van der Waals surface area contributed by atoms with E-state index in [0.29, 0.717) is 5.56 Å². The lowest BCUT2D eigenvalue weighted by Gasteiger charge is -2.09. The van der Waals surface area contributed by atoms with E-state index in [1.165, 1.54) is 23.5 Å². The molecule has 0 saturated heterocycles. The third-order valence-electron chi connectivity index (χ3n) is 2.68. The minimum Gasteiger partial charge on any atom is -0.370 e. The van der Waals surface area contributed by atoms with Crippen LogP contribution in [0, 0.1) is 5.41 Å². The van der Waals surface area contributed by atoms with Gasteiger partial charge < -0.3 is 5.73 Å². The van der Waals surface area contributed by atoms with Gasteiger partial charge in [-0.25, -0.2) is 8.42 Å². The first-order valence-corrected chi connectivity index (χ1v) is 8.59. The molecule has 0 bridgehead atoms. The number of nitrogens with one attached hydrogen (secondary N) is 2. The quantitative estimate of drug-likeness (QED) is 0.586. The number of carbonyl (C=O) groups is 1. The molecule has 0 aliphatic heterocycles. The Kier molecular flexibility index (Phi) is 4.10. The fraction of sp³-hybridized carbons (Fsp3) is 0.0769. The second kappa shape index (κ2) is 5.66. The fourth-order valence-electron chi connectivity index (χ4n) is 1.80. The Bertz CT molecular complexity index is 796. The van der Waals surface area contributed by atoms with Gasteiger partial charge >= 0.3 is 0 Å². The summed E-state index contributed by atoms with van der Waals surface area (Å²) in [5.74, 6) is -1.12. The van der Waals surface area contributed by atoms with Crippen molar-refractivity contribution in [3.05, 3.63) is 41.3 Å². The molecule has 4 N–H and O–H groups in total. The third kappa shape index (κ3) is 3.47. The maximum absolute atomic E-state index is 12.0. The van der Waals surface area contributed by atoms with Crippen LogP contribution >= 0.6 is 11.3 Å². The Morgan fingerprint density at radius 2 is 2.05 bits per heavy atom. The number of nitrogens with two attached hydrogens (primary N) is 1. The summed E-state index contributed by atoms with van der Waals surface area (Å²) in [5.41, 5.74) is 5.77. The van der Waals surface area contributed by atoms with Gasteiger partial charge in [-0.2, -0.15) is 0 Å². The standard InChI is InChI=1S/C13H13N3O3S2/c1-21(18,19)11-7-8(12(17)16-13(14)15)4-5-9(11)10-3-2-6-20-10/h2-7H,1H3,(H4,14,15,16,17). The summed E-state index contributed by atoms with van der Waals surface area (Å²) in [6, 6.07) is 8.01. The van der Waals surface area contributed by atoms with Crippen LogP contribution in [0.5, 0.6) is 0 Å². The van der Waals surface area contributed by atoms with E-state index in [0.717, 1.165) is 11.1 Å². The van der Waals surface area contributed by atoms with Crippen molar-refractivity contribution in [2.24, 2.45) is 5.73 Å². The van der Waals surface area contributed by atoms with Crippen LogP contribution in [-0.4, -0.2) is 26.5 Å². The zero-order chi connectivity index (χ0) is 15.6. The van der Waals surface area contributed by atoms with Gasteiger partial charge in [0.05, 0.1) is 4.90 Å². The number of amides is 1. The van der Waals surface area contributed by atoms with Crippen LogP contribution in [0.2, 0.25) is 0 Å². The highest BCUT2D eigenvalue weighted by atomic mass is 32.2. The Hall–Kier alpha value is -2.19. The summed E-state index contributed by atoms with van der Waals surface area (Å²) in [6.45, 7) is 0.